The van der Waals surface area contributed by atoms with Gasteiger partial charge in [-0.3, -0.25) is 0 Å². The lowest BCUT2D eigenvalue weighted by atomic mass is 9.94. The molecule has 0 radical (unpaired) electrons. The van der Waals surface area contributed by atoms with Crippen LogP contribution in [0.15, 0.2) is 0 Å². The second-order valence-electron chi connectivity index (χ2n) is 6.42. The van der Waals surface area contributed by atoms with Crippen molar-refractivity contribution in [3.05, 3.63) is 0 Å². The van der Waals surface area contributed by atoms with Crippen LogP contribution >= 0.6 is 0 Å². The van der Waals surface area contributed by atoms with E-state index in [4.69, 9.17) is 0 Å². The summed E-state index contributed by atoms with van der Waals surface area (Å²) in [5.74, 6) is 0. The van der Waals surface area contributed by atoms with Crippen molar-refractivity contribution in [3.63, 3.8) is 0 Å². The maximum absolute atomic E-state index is 11.7. The lowest BCUT2D eigenvalue weighted by Gasteiger charge is -2.30. The van der Waals surface area contributed by atoms with Crippen molar-refractivity contribution in [2.45, 2.75) is 74.7 Å². The fraction of sp³-hybridized carbons (Fsp3) is 1.00. The van der Waals surface area contributed by atoms with Gasteiger partial charge in [-0.15, -0.1) is 0 Å². The van der Waals surface area contributed by atoms with Gasteiger partial charge in [-0.1, -0.05) is 32.1 Å². The summed E-state index contributed by atoms with van der Waals surface area (Å²) in [6, 6.07) is 0.0299. The van der Waals surface area contributed by atoms with Crippen LogP contribution in [0.4, 0.5) is 0 Å². The molecular formula is C14H27NO3S. The molecule has 112 valence electrons. The Bertz CT molecular complexity index is 385. The highest BCUT2D eigenvalue weighted by Gasteiger charge is 2.36. The molecule has 0 bridgehead atoms. The molecule has 0 aliphatic heterocycles. The van der Waals surface area contributed by atoms with Gasteiger partial charge in [0.2, 0.25) is 0 Å². The standard InChI is InChI=1S/C14H27NO3S/c1-19(17,18)13-8-6-7-12(13)15-11-14(16)9-4-2-3-5-10-14/h12-13,15-16H,2-11H2,1H3. The molecule has 0 aromatic heterocycles. The summed E-state index contributed by atoms with van der Waals surface area (Å²) in [7, 11) is -2.98. The van der Waals surface area contributed by atoms with Gasteiger partial charge in [0.05, 0.1) is 10.9 Å². The zero-order valence-corrected chi connectivity index (χ0v) is 12.7. The summed E-state index contributed by atoms with van der Waals surface area (Å²) in [5, 5.41) is 13.7. The topological polar surface area (TPSA) is 66.4 Å². The van der Waals surface area contributed by atoms with E-state index in [2.05, 4.69) is 5.32 Å². The Morgan fingerprint density at radius 2 is 1.74 bits per heavy atom. The van der Waals surface area contributed by atoms with Crippen LogP contribution in [0.2, 0.25) is 0 Å². The number of hydrogen-bond acceptors (Lipinski definition) is 4. The van der Waals surface area contributed by atoms with E-state index in [9.17, 15) is 13.5 Å². The predicted octanol–water partition coefficient (Wildman–Crippen LogP) is 1.63. The zero-order chi connectivity index (χ0) is 13.9. The van der Waals surface area contributed by atoms with Gasteiger partial charge >= 0.3 is 0 Å². The summed E-state index contributed by atoms with van der Waals surface area (Å²) >= 11 is 0. The maximum atomic E-state index is 11.7. The van der Waals surface area contributed by atoms with Crippen LogP contribution in [-0.2, 0) is 9.84 Å². The van der Waals surface area contributed by atoms with Gasteiger partial charge in [-0.05, 0) is 25.7 Å². The minimum atomic E-state index is -2.98. The largest absolute Gasteiger partial charge is 0.389 e. The van der Waals surface area contributed by atoms with Crippen LogP contribution in [0.1, 0.15) is 57.8 Å². The van der Waals surface area contributed by atoms with E-state index in [-0.39, 0.29) is 11.3 Å². The van der Waals surface area contributed by atoms with E-state index < -0.39 is 15.4 Å². The normalized spacial score (nSPS) is 32.1. The van der Waals surface area contributed by atoms with Crippen LogP contribution in [0, 0.1) is 0 Å². The molecule has 4 nitrogen and oxygen atoms in total. The van der Waals surface area contributed by atoms with Gasteiger partial charge in [0.25, 0.3) is 0 Å². The van der Waals surface area contributed by atoms with Crippen LogP contribution < -0.4 is 5.32 Å². The Morgan fingerprint density at radius 3 is 2.32 bits per heavy atom. The van der Waals surface area contributed by atoms with Gasteiger partial charge < -0.3 is 10.4 Å². The van der Waals surface area contributed by atoms with Crippen molar-refractivity contribution < 1.29 is 13.5 Å². The molecule has 0 saturated heterocycles. The first-order chi connectivity index (χ1) is 8.91. The summed E-state index contributed by atoms with van der Waals surface area (Å²) in [6.07, 6.45) is 10.2. The predicted molar refractivity (Wildman–Crippen MR) is 76.9 cm³/mol. The van der Waals surface area contributed by atoms with E-state index in [1.165, 1.54) is 19.1 Å². The number of sulfone groups is 1. The molecule has 0 heterocycles. The summed E-state index contributed by atoms with van der Waals surface area (Å²) in [4.78, 5) is 0. The fourth-order valence-electron chi connectivity index (χ4n) is 3.56. The molecule has 0 aromatic carbocycles. The fourth-order valence-corrected chi connectivity index (χ4v) is 4.98. The van der Waals surface area contributed by atoms with Crippen molar-refractivity contribution in [1.82, 2.24) is 5.32 Å². The first kappa shape index (κ1) is 15.3. The number of nitrogens with one attached hydrogen (secondary N) is 1. The Labute approximate surface area is 116 Å². The molecule has 2 aliphatic rings. The van der Waals surface area contributed by atoms with Crippen LogP contribution in [-0.4, -0.2) is 43.2 Å². The number of aliphatic hydroxyl groups is 1. The average Bonchev–Trinajstić information content (AvgIpc) is 2.70. The van der Waals surface area contributed by atoms with Crippen LogP contribution in [0.5, 0.6) is 0 Å². The van der Waals surface area contributed by atoms with Gasteiger partial charge in [-0.2, -0.15) is 0 Å². The molecule has 2 atom stereocenters. The molecule has 2 rings (SSSR count). The Morgan fingerprint density at radius 1 is 1.11 bits per heavy atom. The number of rotatable bonds is 4. The molecule has 0 aromatic rings. The molecule has 19 heavy (non-hydrogen) atoms. The molecule has 0 amide bonds. The van der Waals surface area contributed by atoms with E-state index in [1.807, 2.05) is 0 Å². The second-order valence-corrected chi connectivity index (χ2v) is 8.69. The minimum absolute atomic E-state index is 0.0299. The molecular weight excluding hydrogens is 262 g/mol. The third-order valence-corrected chi connectivity index (χ3v) is 6.39. The van der Waals surface area contributed by atoms with Crippen molar-refractivity contribution >= 4 is 9.84 Å². The minimum Gasteiger partial charge on any atom is -0.389 e. The summed E-state index contributed by atoms with van der Waals surface area (Å²) in [6.45, 7) is 0.545. The summed E-state index contributed by atoms with van der Waals surface area (Å²) in [5.41, 5.74) is -0.624. The quantitative estimate of drug-likeness (QED) is 0.772. The molecule has 0 spiro atoms. The molecule has 5 heteroatoms. The molecule has 2 aliphatic carbocycles. The van der Waals surface area contributed by atoms with Crippen molar-refractivity contribution in [2.75, 3.05) is 12.8 Å². The Kier molecular flexibility index (Phi) is 4.90. The molecule has 2 N–H and O–H groups in total. The second kappa shape index (κ2) is 6.10. The molecule has 2 saturated carbocycles. The van der Waals surface area contributed by atoms with Gasteiger partial charge in [0.15, 0.2) is 9.84 Å². The van der Waals surface area contributed by atoms with Crippen LogP contribution in [0.3, 0.4) is 0 Å². The van der Waals surface area contributed by atoms with Crippen molar-refractivity contribution in [1.29, 1.82) is 0 Å². The first-order valence-corrected chi connectivity index (χ1v) is 9.51. The van der Waals surface area contributed by atoms with Gasteiger partial charge in [0.1, 0.15) is 0 Å². The van der Waals surface area contributed by atoms with Crippen molar-refractivity contribution in [3.8, 4) is 0 Å². The van der Waals surface area contributed by atoms with E-state index in [0.717, 1.165) is 44.9 Å². The lowest BCUT2D eigenvalue weighted by molar-refractivity contribution is 0.0229. The van der Waals surface area contributed by atoms with Crippen molar-refractivity contribution in [2.24, 2.45) is 0 Å². The van der Waals surface area contributed by atoms with Gasteiger partial charge in [-0.25, -0.2) is 8.42 Å². The lowest BCUT2D eigenvalue weighted by Crippen LogP contribution is -2.48. The summed E-state index contributed by atoms with van der Waals surface area (Å²) < 4.78 is 23.5. The monoisotopic (exact) mass is 289 g/mol. The van der Waals surface area contributed by atoms with E-state index in [0.29, 0.717) is 6.54 Å². The SMILES string of the molecule is CS(=O)(=O)C1CCCC1NCC1(O)CCCCCC1. The third kappa shape index (κ3) is 4.17. The molecule has 2 fully saturated rings. The highest BCUT2D eigenvalue weighted by Crippen LogP contribution is 2.29. The van der Waals surface area contributed by atoms with Crippen LogP contribution in [0.25, 0.3) is 0 Å². The number of hydrogen-bond donors (Lipinski definition) is 2. The maximum Gasteiger partial charge on any atom is 0.151 e. The smallest absolute Gasteiger partial charge is 0.151 e. The average molecular weight is 289 g/mol. The zero-order valence-electron chi connectivity index (χ0n) is 11.9. The van der Waals surface area contributed by atoms with E-state index >= 15 is 0 Å². The van der Waals surface area contributed by atoms with Gasteiger partial charge in [0, 0.05) is 18.8 Å². The third-order valence-electron chi connectivity index (χ3n) is 4.73. The highest BCUT2D eigenvalue weighted by atomic mass is 32.2. The Hall–Kier alpha value is -0.130. The highest BCUT2D eigenvalue weighted by molar-refractivity contribution is 7.91. The first-order valence-electron chi connectivity index (χ1n) is 7.55. The molecule has 2 unspecified atom stereocenters. The Balaban J connectivity index is 1.90. The van der Waals surface area contributed by atoms with E-state index in [1.54, 1.807) is 0 Å².